The molecule has 7 aromatic rings. The van der Waals surface area contributed by atoms with Crippen LogP contribution in [0.5, 0.6) is 5.75 Å². The van der Waals surface area contributed by atoms with Crippen LogP contribution in [0, 0.1) is 11.7 Å². The fourth-order valence-electron chi connectivity index (χ4n) is 10.4. The monoisotopic (exact) mass is 966 g/mol. The molecule has 3 amide bonds. The van der Waals surface area contributed by atoms with Crippen LogP contribution >= 0.6 is 11.3 Å². The first-order valence-corrected chi connectivity index (χ1v) is 28.0. The van der Waals surface area contributed by atoms with E-state index in [1.165, 1.54) is 13.2 Å². The SMILES string of the molecule is COC(=O)NC(C(=O)N1CCC[C@H]1c1ncc(-c2ccc3c(c2)cc2n3[C@H](c3cnc(C4CC4)s3)Oc3cc(-c4cnc([C@@H]5C[Si](C)(C)CN5C(=O)[C@H](N)c5ccccc5)[nH]4)cc(F)c3-2)[nH]1)C(C)C. The second kappa shape index (κ2) is 17.4. The number of alkyl carbamates (subject to hydrolysis) is 1. The molecule has 7 heterocycles. The number of amides is 3. The molecule has 1 aliphatic carbocycles. The normalized spacial score (nSPS) is 20.4. The number of imidazole rings is 2. The molecule has 15 nitrogen and oxygen atoms in total. The molecule has 11 rings (SSSR count). The zero-order valence-corrected chi connectivity index (χ0v) is 41.0. The predicted octanol–water partition coefficient (Wildman–Crippen LogP) is 9.38. The molecule has 4 aromatic heterocycles. The summed E-state index contributed by atoms with van der Waals surface area (Å²) < 4.78 is 30.8. The van der Waals surface area contributed by atoms with Crippen molar-refractivity contribution in [3.05, 3.63) is 118 Å². The molecule has 2 saturated heterocycles. The second-order valence-corrected chi connectivity index (χ2v) is 26.1. The molecule has 5 N–H and O–H groups in total. The Labute approximate surface area is 403 Å². The summed E-state index contributed by atoms with van der Waals surface area (Å²) >= 11 is 1.64. The zero-order chi connectivity index (χ0) is 47.9. The molecule has 356 valence electrons. The first-order chi connectivity index (χ1) is 33.2. The number of benzene rings is 3. The van der Waals surface area contributed by atoms with Crippen LogP contribution in [0.4, 0.5) is 9.18 Å². The number of fused-ring (bicyclic) bond motifs is 5. The molecule has 4 aliphatic rings. The van der Waals surface area contributed by atoms with Gasteiger partial charge in [-0.2, -0.15) is 0 Å². The summed E-state index contributed by atoms with van der Waals surface area (Å²) in [5, 5.41) is 4.68. The first-order valence-electron chi connectivity index (χ1n) is 23.7. The van der Waals surface area contributed by atoms with Crippen molar-refractivity contribution < 1.29 is 28.2 Å². The molecule has 5 atom stereocenters. The van der Waals surface area contributed by atoms with Gasteiger partial charge >= 0.3 is 6.09 Å². The van der Waals surface area contributed by atoms with Crippen molar-refractivity contribution in [1.29, 1.82) is 0 Å². The Bertz CT molecular complexity index is 3120. The number of rotatable bonds is 11. The molecule has 0 spiro atoms. The van der Waals surface area contributed by atoms with Gasteiger partial charge in [-0.1, -0.05) is 63.3 Å². The number of aromatic nitrogens is 6. The largest absolute Gasteiger partial charge is 0.464 e. The molecule has 3 aromatic carbocycles. The van der Waals surface area contributed by atoms with Crippen molar-refractivity contribution in [3.8, 4) is 39.5 Å². The number of ether oxygens (including phenoxy) is 2. The Morgan fingerprint density at radius 3 is 2.36 bits per heavy atom. The highest BCUT2D eigenvalue weighted by Gasteiger charge is 2.45. The van der Waals surface area contributed by atoms with Gasteiger partial charge in [-0.3, -0.25) is 14.2 Å². The number of hydrogen-bond acceptors (Lipinski definition) is 10. The summed E-state index contributed by atoms with van der Waals surface area (Å²) in [6.45, 7) is 8.88. The summed E-state index contributed by atoms with van der Waals surface area (Å²) in [7, 11) is -0.537. The molecule has 3 aliphatic heterocycles. The van der Waals surface area contributed by atoms with Crippen LogP contribution in [-0.2, 0) is 14.3 Å². The second-order valence-electron chi connectivity index (χ2n) is 20.0. The summed E-state index contributed by atoms with van der Waals surface area (Å²) in [5.74, 6) is 1.27. The van der Waals surface area contributed by atoms with Gasteiger partial charge in [0.2, 0.25) is 18.0 Å². The van der Waals surface area contributed by atoms with Crippen LogP contribution in [0.2, 0.25) is 19.1 Å². The Morgan fingerprint density at radius 2 is 1.64 bits per heavy atom. The number of halogens is 1. The van der Waals surface area contributed by atoms with E-state index < -0.39 is 38.3 Å². The van der Waals surface area contributed by atoms with Crippen LogP contribution in [-0.4, -0.2) is 91.1 Å². The zero-order valence-electron chi connectivity index (χ0n) is 39.2. The van der Waals surface area contributed by atoms with E-state index in [9.17, 15) is 14.4 Å². The van der Waals surface area contributed by atoms with Crippen LogP contribution in [0.15, 0.2) is 85.3 Å². The Morgan fingerprint density at radius 1 is 0.899 bits per heavy atom. The van der Waals surface area contributed by atoms with E-state index in [2.05, 4.69) is 39.0 Å². The van der Waals surface area contributed by atoms with E-state index in [0.29, 0.717) is 58.5 Å². The maximum atomic E-state index is 17.0. The molecule has 18 heteroatoms. The molecule has 0 radical (unpaired) electrons. The molecular weight excluding hydrogens is 912 g/mol. The van der Waals surface area contributed by atoms with Crippen LogP contribution < -0.4 is 15.8 Å². The number of likely N-dealkylation sites (tertiary alicyclic amines) is 1. The quantitative estimate of drug-likeness (QED) is 0.0916. The third-order valence-electron chi connectivity index (χ3n) is 14.1. The lowest BCUT2D eigenvalue weighted by Crippen LogP contribution is -2.51. The maximum absolute atomic E-state index is 17.0. The van der Waals surface area contributed by atoms with Gasteiger partial charge in [-0.05, 0) is 73.5 Å². The molecule has 1 unspecified atom stereocenters. The molecule has 3 fully saturated rings. The number of carbonyl (C=O) groups is 3. The fraction of sp³-hybridized carbons (Fsp3) is 0.373. The van der Waals surface area contributed by atoms with Gasteiger partial charge in [0.1, 0.15) is 35.3 Å². The maximum Gasteiger partial charge on any atom is 0.407 e. The highest BCUT2D eigenvalue weighted by atomic mass is 32.1. The molecule has 0 bridgehead atoms. The van der Waals surface area contributed by atoms with Gasteiger partial charge in [-0.25, -0.2) is 24.1 Å². The third-order valence-corrected chi connectivity index (χ3v) is 18.0. The minimum Gasteiger partial charge on any atom is -0.464 e. The van der Waals surface area contributed by atoms with E-state index in [-0.39, 0.29) is 29.8 Å². The van der Waals surface area contributed by atoms with Crippen molar-refractivity contribution in [2.24, 2.45) is 11.7 Å². The number of thiazole rings is 1. The van der Waals surface area contributed by atoms with Crippen LogP contribution in [0.3, 0.4) is 0 Å². The van der Waals surface area contributed by atoms with E-state index in [1.54, 1.807) is 28.6 Å². The van der Waals surface area contributed by atoms with Crippen molar-refractivity contribution in [3.63, 3.8) is 0 Å². The van der Waals surface area contributed by atoms with E-state index in [0.717, 1.165) is 69.3 Å². The fourth-order valence-corrected chi connectivity index (χ4v) is 14.4. The van der Waals surface area contributed by atoms with Gasteiger partial charge in [0.25, 0.3) is 0 Å². The van der Waals surface area contributed by atoms with E-state index in [4.69, 9.17) is 30.2 Å². The number of aromatic amines is 2. The van der Waals surface area contributed by atoms with Gasteiger partial charge in [-0.15, -0.1) is 11.3 Å². The van der Waals surface area contributed by atoms with Crippen LogP contribution in [0.1, 0.15) is 96.9 Å². The highest BCUT2D eigenvalue weighted by molar-refractivity contribution is 7.11. The lowest BCUT2D eigenvalue weighted by atomic mass is 10.0. The lowest BCUT2D eigenvalue weighted by molar-refractivity contribution is -0.135. The summed E-state index contributed by atoms with van der Waals surface area (Å²) in [4.78, 5) is 65.9. The molecule has 69 heavy (non-hydrogen) atoms. The van der Waals surface area contributed by atoms with Gasteiger partial charge in [0, 0.05) is 41.3 Å². The summed E-state index contributed by atoms with van der Waals surface area (Å²) in [6.07, 6.45) is 8.55. The topological polar surface area (TPSA) is 189 Å². The number of hydrogen-bond donors (Lipinski definition) is 4. The van der Waals surface area contributed by atoms with Crippen LogP contribution in [0.25, 0.3) is 44.7 Å². The number of methoxy groups -OCH3 is 1. The van der Waals surface area contributed by atoms with Gasteiger partial charge in [0.05, 0.1) is 77.7 Å². The molecular formula is C51H55FN10O5SSi. The van der Waals surface area contributed by atoms with Crippen molar-refractivity contribution in [2.75, 3.05) is 19.8 Å². The summed E-state index contributed by atoms with van der Waals surface area (Å²) in [6, 6.07) is 19.7. The number of nitrogens with two attached hydrogens (primary N) is 1. The van der Waals surface area contributed by atoms with Gasteiger partial charge < -0.3 is 40.3 Å². The number of nitrogens with one attached hydrogen (secondary N) is 3. The van der Waals surface area contributed by atoms with E-state index >= 15 is 4.39 Å². The van der Waals surface area contributed by atoms with Crippen molar-refractivity contribution >= 4 is 48.2 Å². The standard InChI is InChI=1S/C51H55FN10O5SSi/c1-27(2)44(59-51(65)66-3)49(64)60-17-9-12-37(60)45-54-22-34(57-45)30-15-16-36-32(18-30)20-38-42-33(52)19-31(21-40(42)67-50(62(36)38)41-24-56-47(68-41)29-13-14-29)35-23-55-46(58-35)39-25-69(4,5)26-61(39)48(63)43(53)28-10-7-6-8-11-28/h6-8,10-11,15-16,18-24,27,29,37,39,43-44,50H,9,12-14,17,25-26,53H2,1-5H3,(H,54,57)(H,55,58)(H,59,65)/t37-,39-,43+,44?,50-/m0/s1. The Balaban J connectivity index is 0.915. The average Bonchev–Trinajstić information content (AvgIpc) is 4.02. The smallest absolute Gasteiger partial charge is 0.407 e. The van der Waals surface area contributed by atoms with Crippen molar-refractivity contribution in [1.82, 2.24) is 44.6 Å². The average molecular weight is 967 g/mol. The predicted molar refractivity (Wildman–Crippen MR) is 263 cm³/mol. The number of carbonyl (C=O) groups excluding carboxylic acids is 3. The summed E-state index contributed by atoms with van der Waals surface area (Å²) in [5.41, 5.74) is 12.1. The third kappa shape index (κ3) is 8.20. The van der Waals surface area contributed by atoms with Crippen molar-refractivity contribution in [2.45, 2.75) is 95.0 Å². The highest BCUT2D eigenvalue weighted by Crippen LogP contribution is 2.50. The first kappa shape index (κ1) is 44.8. The van der Waals surface area contributed by atoms with E-state index in [1.807, 2.05) is 79.5 Å². The lowest BCUT2D eigenvalue weighted by Gasteiger charge is -2.30. The Kier molecular flexibility index (Phi) is 11.3. The minimum atomic E-state index is -1.82. The Hall–Kier alpha value is -6.63. The number of H-pyrrole nitrogens is 2. The minimum absolute atomic E-state index is 0.136. The van der Waals surface area contributed by atoms with Gasteiger partial charge in [0.15, 0.2) is 0 Å². The molecule has 1 saturated carbocycles. The number of nitrogens with zero attached hydrogens (tertiary/aromatic N) is 6.